The van der Waals surface area contributed by atoms with Crippen LogP contribution in [0.2, 0.25) is 0 Å². The van der Waals surface area contributed by atoms with Crippen LogP contribution in [0.3, 0.4) is 0 Å². The number of rotatable bonds is 4. The number of aliphatic hydroxyl groups excluding tert-OH is 1. The van der Waals surface area contributed by atoms with E-state index in [4.69, 9.17) is 0 Å². The van der Waals surface area contributed by atoms with Crippen LogP contribution in [-0.4, -0.2) is 17.4 Å². The van der Waals surface area contributed by atoms with Gasteiger partial charge in [0, 0.05) is 6.04 Å². The van der Waals surface area contributed by atoms with Crippen molar-refractivity contribution >= 4 is 0 Å². The molecule has 0 spiro atoms. The first-order chi connectivity index (χ1) is 4.52. The monoisotopic (exact) mass is 145 g/mol. The number of hydrogen-bond donors (Lipinski definition) is 2. The van der Waals surface area contributed by atoms with Crippen molar-refractivity contribution in [2.45, 2.75) is 46.4 Å². The minimum atomic E-state index is -0.333. The van der Waals surface area contributed by atoms with Crippen LogP contribution in [0, 0.1) is 5.92 Å². The Morgan fingerprint density at radius 1 is 1.20 bits per heavy atom. The van der Waals surface area contributed by atoms with Gasteiger partial charge in [0.2, 0.25) is 0 Å². The molecule has 2 nitrogen and oxygen atoms in total. The molecule has 0 aliphatic heterocycles. The fourth-order valence-corrected chi connectivity index (χ4v) is 0.899. The Bertz CT molecular complexity index is 71.3. The van der Waals surface area contributed by atoms with Crippen molar-refractivity contribution in [1.82, 2.24) is 5.32 Å². The molecule has 0 saturated heterocycles. The summed E-state index contributed by atoms with van der Waals surface area (Å²) in [7, 11) is 0. The summed E-state index contributed by atoms with van der Waals surface area (Å²) in [5.74, 6) is 0.557. The lowest BCUT2D eigenvalue weighted by Crippen LogP contribution is -2.35. The zero-order valence-corrected chi connectivity index (χ0v) is 7.39. The topological polar surface area (TPSA) is 32.3 Å². The largest absolute Gasteiger partial charge is 0.379 e. The van der Waals surface area contributed by atoms with E-state index >= 15 is 0 Å². The molecule has 1 atom stereocenters. The summed E-state index contributed by atoms with van der Waals surface area (Å²) >= 11 is 0. The standard InChI is InChI=1S/C8H19NO/c1-6(2)5-8(10)9-7(3)4/h6-10H,5H2,1-4H3/t8-/m1/s1. The zero-order valence-electron chi connectivity index (χ0n) is 7.39. The van der Waals surface area contributed by atoms with E-state index < -0.39 is 0 Å². The molecule has 0 bridgehead atoms. The molecule has 2 N–H and O–H groups in total. The normalized spacial score (nSPS) is 14.7. The predicted octanol–water partition coefficient (Wildman–Crippen LogP) is 1.35. The molecular formula is C8H19NO. The van der Waals surface area contributed by atoms with Crippen LogP contribution >= 0.6 is 0 Å². The van der Waals surface area contributed by atoms with Crippen LogP contribution < -0.4 is 5.32 Å². The van der Waals surface area contributed by atoms with Crippen LogP contribution in [0.25, 0.3) is 0 Å². The lowest BCUT2D eigenvalue weighted by molar-refractivity contribution is 0.105. The van der Waals surface area contributed by atoms with Gasteiger partial charge in [0.1, 0.15) is 6.23 Å². The maximum absolute atomic E-state index is 9.28. The molecule has 0 saturated carbocycles. The quantitative estimate of drug-likeness (QED) is 0.585. The molecule has 62 valence electrons. The molecule has 0 aromatic carbocycles. The third-order valence-corrected chi connectivity index (χ3v) is 1.22. The van der Waals surface area contributed by atoms with Gasteiger partial charge in [-0.05, 0) is 26.2 Å². The summed E-state index contributed by atoms with van der Waals surface area (Å²) in [5, 5.41) is 12.3. The molecule has 0 heterocycles. The van der Waals surface area contributed by atoms with E-state index in [0.29, 0.717) is 12.0 Å². The van der Waals surface area contributed by atoms with Crippen LogP contribution in [0.1, 0.15) is 34.1 Å². The minimum Gasteiger partial charge on any atom is -0.379 e. The van der Waals surface area contributed by atoms with Crippen LogP contribution in [-0.2, 0) is 0 Å². The van der Waals surface area contributed by atoms with Crippen molar-refractivity contribution in [3.05, 3.63) is 0 Å². The molecule has 0 rings (SSSR count). The molecule has 0 aromatic rings. The van der Waals surface area contributed by atoms with Crippen LogP contribution in [0.15, 0.2) is 0 Å². The van der Waals surface area contributed by atoms with Crippen LogP contribution in [0.5, 0.6) is 0 Å². The van der Waals surface area contributed by atoms with Gasteiger partial charge in [0.25, 0.3) is 0 Å². The van der Waals surface area contributed by atoms with Crippen molar-refractivity contribution in [3.8, 4) is 0 Å². The number of nitrogens with one attached hydrogen (secondary N) is 1. The number of aliphatic hydroxyl groups is 1. The fourth-order valence-electron chi connectivity index (χ4n) is 0.899. The fraction of sp³-hybridized carbons (Fsp3) is 1.00. The van der Waals surface area contributed by atoms with E-state index in [2.05, 4.69) is 19.2 Å². The Balaban J connectivity index is 3.34. The van der Waals surface area contributed by atoms with Gasteiger partial charge in [-0.25, -0.2) is 0 Å². The SMILES string of the molecule is CC(C)C[C@@H](O)NC(C)C. The van der Waals surface area contributed by atoms with Gasteiger partial charge in [-0.15, -0.1) is 0 Å². The van der Waals surface area contributed by atoms with E-state index in [1.54, 1.807) is 0 Å². The number of hydrogen-bond acceptors (Lipinski definition) is 2. The van der Waals surface area contributed by atoms with E-state index in [-0.39, 0.29) is 6.23 Å². The molecule has 0 unspecified atom stereocenters. The first-order valence-electron chi connectivity index (χ1n) is 3.96. The highest BCUT2D eigenvalue weighted by atomic mass is 16.3. The highest BCUT2D eigenvalue weighted by Crippen LogP contribution is 2.02. The maximum atomic E-state index is 9.28. The van der Waals surface area contributed by atoms with Gasteiger partial charge >= 0.3 is 0 Å². The summed E-state index contributed by atoms with van der Waals surface area (Å²) in [6, 6.07) is 0.369. The molecule has 10 heavy (non-hydrogen) atoms. The summed E-state index contributed by atoms with van der Waals surface area (Å²) in [6.45, 7) is 8.27. The average molecular weight is 145 g/mol. The Kier molecular flexibility index (Phi) is 4.65. The van der Waals surface area contributed by atoms with Crippen LogP contribution in [0.4, 0.5) is 0 Å². The van der Waals surface area contributed by atoms with Gasteiger partial charge in [0.15, 0.2) is 0 Å². The summed E-state index contributed by atoms with van der Waals surface area (Å²) < 4.78 is 0. The molecule has 0 aromatic heterocycles. The smallest absolute Gasteiger partial charge is 0.105 e. The van der Waals surface area contributed by atoms with E-state index in [1.807, 2.05) is 13.8 Å². The second-order valence-electron chi connectivity index (χ2n) is 3.47. The first kappa shape index (κ1) is 9.92. The van der Waals surface area contributed by atoms with Crippen molar-refractivity contribution in [2.75, 3.05) is 0 Å². The van der Waals surface area contributed by atoms with Crippen molar-refractivity contribution in [3.63, 3.8) is 0 Å². The Morgan fingerprint density at radius 2 is 1.70 bits per heavy atom. The molecule has 2 heteroatoms. The highest BCUT2D eigenvalue weighted by molar-refractivity contribution is 4.59. The third kappa shape index (κ3) is 6.05. The zero-order chi connectivity index (χ0) is 8.15. The molecule has 0 fully saturated rings. The lowest BCUT2D eigenvalue weighted by atomic mass is 10.1. The van der Waals surface area contributed by atoms with Crippen molar-refractivity contribution < 1.29 is 5.11 Å². The Hall–Kier alpha value is -0.0800. The van der Waals surface area contributed by atoms with Gasteiger partial charge in [-0.1, -0.05) is 13.8 Å². The van der Waals surface area contributed by atoms with E-state index in [9.17, 15) is 5.11 Å². The first-order valence-corrected chi connectivity index (χ1v) is 3.96. The maximum Gasteiger partial charge on any atom is 0.105 e. The van der Waals surface area contributed by atoms with Gasteiger partial charge in [-0.3, -0.25) is 5.32 Å². The molecule has 0 amide bonds. The highest BCUT2D eigenvalue weighted by Gasteiger charge is 2.06. The molecular weight excluding hydrogens is 126 g/mol. The summed E-state index contributed by atoms with van der Waals surface area (Å²) in [6.07, 6.45) is 0.498. The molecule has 0 aliphatic carbocycles. The van der Waals surface area contributed by atoms with Gasteiger partial charge < -0.3 is 5.11 Å². The second kappa shape index (κ2) is 4.69. The second-order valence-corrected chi connectivity index (χ2v) is 3.47. The van der Waals surface area contributed by atoms with Gasteiger partial charge in [-0.2, -0.15) is 0 Å². The summed E-state index contributed by atoms with van der Waals surface area (Å²) in [4.78, 5) is 0. The lowest BCUT2D eigenvalue weighted by Gasteiger charge is -2.16. The van der Waals surface area contributed by atoms with Crippen molar-refractivity contribution in [2.24, 2.45) is 5.92 Å². The Morgan fingerprint density at radius 3 is 2.00 bits per heavy atom. The average Bonchev–Trinajstić information content (AvgIpc) is 1.58. The van der Waals surface area contributed by atoms with Crippen molar-refractivity contribution in [1.29, 1.82) is 0 Å². The van der Waals surface area contributed by atoms with Gasteiger partial charge in [0.05, 0.1) is 0 Å². The van der Waals surface area contributed by atoms with E-state index in [1.165, 1.54) is 0 Å². The molecule has 0 radical (unpaired) electrons. The molecule has 0 aliphatic rings. The Labute approximate surface area is 63.6 Å². The third-order valence-electron chi connectivity index (χ3n) is 1.22. The minimum absolute atomic E-state index is 0.333. The predicted molar refractivity (Wildman–Crippen MR) is 43.7 cm³/mol. The van der Waals surface area contributed by atoms with E-state index in [0.717, 1.165) is 6.42 Å². The summed E-state index contributed by atoms with van der Waals surface area (Å²) in [5.41, 5.74) is 0.